The van der Waals surface area contributed by atoms with Gasteiger partial charge in [-0.05, 0) is 11.6 Å². The van der Waals surface area contributed by atoms with Gasteiger partial charge in [-0.1, -0.05) is 18.2 Å². The Morgan fingerprint density at radius 2 is 2.07 bits per heavy atom. The van der Waals surface area contributed by atoms with Crippen LogP contribution < -0.4 is 0 Å². The highest BCUT2D eigenvalue weighted by atomic mass is 16.5. The standard InChI is InChI=1S/C11H9NO3/c1-15-11(14)10(13)6-8-4-2-3-5-9(8)7-12/h2-5H,6H2,1H3. The fourth-order valence-corrected chi connectivity index (χ4v) is 1.14. The third-order valence-electron chi connectivity index (χ3n) is 1.90. The van der Waals surface area contributed by atoms with Gasteiger partial charge >= 0.3 is 5.97 Å². The number of rotatable bonds is 3. The molecule has 0 unspecified atom stereocenters. The molecule has 0 saturated heterocycles. The Hall–Kier alpha value is -2.15. The number of ether oxygens (including phenoxy) is 1. The summed E-state index contributed by atoms with van der Waals surface area (Å²) < 4.78 is 4.29. The van der Waals surface area contributed by atoms with E-state index >= 15 is 0 Å². The molecule has 0 aliphatic carbocycles. The third kappa shape index (κ3) is 2.64. The number of methoxy groups -OCH3 is 1. The van der Waals surface area contributed by atoms with Crippen molar-refractivity contribution < 1.29 is 14.3 Å². The highest BCUT2D eigenvalue weighted by molar-refractivity contribution is 6.34. The number of esters is 1. The molecule has 0 radical (unpaired) electrons. The predicted octanol–water partition coefficient (Wildman–Crippen LogP) is 0.843. The number of hydrogen-bond donors (Lipinski definition) is 0. The molecule has 0 heterocycles. The Bertz CT molecular complexity index is 432. The Labute approximate surface area is 87.1 Å². The van der Waals surface area contributed by atoms with Crippen molar-refractivity contribution in [2.24, 2.45) is 0 Å². The molecular weight excluding hydrogens is 194 g/mol. The predicted molar refractivity (Wildman–Crippen MR) is 51.9 cm³/mol. The van der Waals surface area contributed by atoms with E-state index < -0.39 is 11.8 Å². The second-order valence-electron chi connectivity index (χ2n) is 2.86. The maximum atomic E-state index is 11.2. The van der Waals surface area contributed by atoms with Crippen molar-refractivity contribution in [2.45, 2.75) is 6.42 Å². The minimum absolute atomic E-state index is 0.101. The quantitative estimate of drug-likeness (QED) is 0.539. The maximum absolute atomic E-state index is 11.2. The average Bonchev–Trinajstić information content (AvgIpc) is 2.28. The molecule has 0 N–H and O–H groups in total. The van der Waals surface area contributed by atoms with Crippen molar-refractivity contribution >= 4 is 11.8 Å². The van der Waals surface area contributed by atoms with Gasteiger partial charge in [-0.3, -0.25) is 4.79 Å². The number of benzene rings is 1. The van der Waals surface area contributed by atoms with Gasteiger partial charge in [0.15, 0.2) is 0 Å². The minimum Gasteiger partial charge on any atom is -0.463 e. The largest absolute Gasteiger partial charge is 0.463 e. The van der Waals surface area contributed by atoms with E-state index in [1.54, 1.807) is 24.3 Å². The molecule has 1 aromatic rings. The Kier molecular flexibility index (Phi) is 3.58. The number of nitrogens with zero attached hydrogens (tertiary/aromatic N) is 1. The van der Waals surface area contributed by atoms with Gasteiger partial charge in [0.1, 0.15) is 0 Å². The highest BCUT2D eigenvalue weighted by Crippen LogP contribution is 2.08. The summed E-state index contributed by atoms with van der Waals surface area (Å²) in [4.78, 5) is 22.1. The second kappa shape index (κ2) is 4.91. The van der Waals surface area contributed by atoms with Crippen LogP contribution in [0.25, 0.3) is 0 Å². The van der Waals surface area contributed by atoms with Gasteiger partial charge in [0.25, 0.3) is 0 Å². The summed E-state index contributed by atoms with van der Waals surface area (Å²) in [7, 11) is 1.15. The normalized spacial score (nSPS) is 9.07. The lowest BCUT2D eigenvalue weighted by Crippen LogP contribution is -2.18. The highest BCUT2D eigenvalue weighted by Gasteiger charge is 2.15. The summed E-state index contributed by atoms with van der Waals surface area (Å²) in [6.45, 7) is 0. The van der Waals surface area contributed by atoms with Gasteiger partial charge in [-0.2, -0.15) is 5.26 Å². The smallest absolute Gasteiger partial charge is 0.374 e. The van der Waals surface area contributed by atoms with Crippen molar-refractivity contribution in [1.82, 2.24) is 0 Å². The first kappa shape index (κ1) is 10.9. The van der Waals surface area contributed by atoms with Crippen LogP contribution in [0, 0.1) is 11.3 Å². The number of carbonyl (C=O) groups excluding carboxylic acids is 2. The van der Waals surface area contributed by atoms with E-state index in [9.17, 15) is 9.59 Å². The maximum Gasteiger partial charge on any atom is 0.374 e. The van der Waals surface area contributed by atoms with Crippen LogP contribution in [0.2, 0.25) is 0 Å². The zero-order valence-corrected chi connectivity index (χ0v) is 8.19. The van der Waals surface area contributed by atoms with Crippen molar-refractivity contribution in [3.63, 3.8) is 0 Å². The molecule has 0 aromatic heterocycles. The first-order valence-corrected chi connectivity index (χ1v) is 4.28. The number of carbonyl (C=O) groups is 2. The molecule has 76 valence electrons. The number of ketones is 1. The summed E-state index contributed by atoms with van der Waals surface area (Å²) >= 11 is 0. The molecule has 0 saturated carbocycles. The SMILES string of the molecule is COC(=O)C(=O)Cc1ccccc1C#N. The first-order valence-electron chi connectivity index (χ1n) is 4.28. The van der Waals surface area contributed by atoms with Gasteiger partial charge in [0.05, 0.1) is 18.7 Å². The van der Waals surface area contributed by atoms with E-state index in [1.807, 2.05) is 6.07 Å². The van der Waals surface area contributed by atoms with Crippen LogP contribution in [0.1, 0.15) is 11.1 Å². The van der Waals surface area contributed by atoms with Gasteiger partial charge in [0.2, 0.25) is 5.78 Å². The van der Waals surface area contributed by atoms with Crippen molar-refractivity contribution in [2.75, 3.05) is 7.11 Å². The fourth-order valence-electron chi connectivity index (χ4n) is 1.14. The van der Waals surface area contributed by atoms with Crippen LogP contribution >= 0.6 is 0 Å². The minimum atomic E-state index is -0.886. The van der Waals surface area contributed by atoms with Crippen molar-refractivity contribution in [3.8, 4) is 6.07 Å². The average molecular weight is 203 g/mol. The molecule has 0 fully saturated rings. The first-order chi connectivity index (χ1) is 7.19. The molecule has 0 bridgehead atoms. The molecule has 0 spiro atoms. The molecule has 0 aliphatic heterocycles. The van der Waals surface area contributed by atoms with Crippen LogP contribution in [0.3, 0.4) is 0 Å². The van der Waals surface area contributed by atoms with Crippen LogP contribution in [0.5, 0.6) is 0 Å². The summed E-state index contributed by atoms with van der Waals surface area (Å²) in [6, 6.07) is 8.60. The summed E-state index contributed by atoms with van der Waals surface area (Å²) in [5, 5.41) is 8.75. The van der Waals surface area contributed by atoms with Crippen LogP contribution in [-0.2, 0) is 20.7 Å². The molecule has 0 aliphatic rings. The molecule has 1 aromatic carbocycles. The molecule has 0 atom stereocenters. The van der Waals surface area contributed by atoms with Gasteiger partial charge in [-0.25, -0.2) is 4.79 Å². The third-order valence-corrected chi connectivity index (χ3v) is 1.90. The van der Waals surface area contributed by atoms with E-state index in [1.165, 1.54) is 0 Å². The lowest BCUT2D eigenvalue weighted by Gasteiger charge is -2.01. The van der Waals surface area contributed by atoms with Crippen LogP contribution in [-0.4, -0.2) is 18.9 Å². The molecule has 4 heteroatoms. The summed E-state index contributed by atoms with van der Waals surface area (Å²) in [6.07, 6.45) is -0.101. The van der Waals surface area contributed by atoms with E-state index in [4.69, 9.17) is 5.26 Å². The summed E-state index contributed by atoms with van der Waals surface area (Å²) in [5.41, 5.74) is 0.935. The lowest BCUT2D eigenvalue weighted by atomic mass is 10.0. The van der Waals surface area contributed by atoms with Crippen LogP contribution in [0.4, 0.5) is 0 Å². The zero-order valence-electron chi connectivity index (χ0n) is 8.19. The summed E-state index contributed by atoms with van der Waals surface area (Å²) in [5.74, 6) is -1.54. The Morgan fingerprint density at radius 3 is 2.67 bits per heavy atom. The van der Waals surface area contributed by atoms with Gasteiger partial charge < -0.3 is 4.74 Å². The van der Waals surface area contributed by atoms with Crippen molar-refractivity contribution in [3.05, 3.63) is 35.4 Å². The topological polar surface area (TPSA) is 67.2 Å². The van der Waals surface area contributed by atoms with E-state index in [-0.39, 0.29) is 6.42 Å². The molecular formula is C11H9NO3. The fraction of sp³-hybridized carbons (Fsp3) is 0.182. The molecule has 15 heavy (non-hydrogen) atoms. The Balaban J connectivity index is 2.86. The van der Waals surface area contributed by atoms with E-state index in [2.05, 4.69) is 4.74 Å². The molecule has 1 rings (SSSR count). The number of Topliss-reactive ketones (excluding diaryl/α,β-unsaturated/α-hetero) is 1. The second-order valence-corrected chi connectivity index (χ2v) is 2.86. The van der Waals surface area contributed by atoms with E-state index in [0.29, 0.717) is 11.1 Å². The molecule has 4 nitrogen and oxygen atoms in total. The lowest BCUT2D eigenvalue weighted by molar-refractivity contribution is -0.151. The molecule has 0 amide bonds. The van der Waals surface area contributed by atoms with Crippen LogP contribution in [0.15, 0.2) is 24.3 Å². The Morgan fingerprint density at radius 1 is 1.40 bits per heavy atom. The van der Waals surface area contributed by atoms with E-state index in [0.717, 1.165) is 7.11 Å². The number of nitriles is 1. The monoisotopic (exact) mass is 203 g/mol. The van der Waals surface area contributed by atoms with Crippen molar-refractivity contribution in [1.29, 1.82) is 5.26 Å². The zero-order chi connectivity index (χ0) is 11.3. The number of hydrogen-bond acceptors (Lipinski definition) is 4. The van der Waals surface area contributed by atoms with Gasteiger partial charge in [-0.15, -0.1) is 0 Å². The van der Waals surface area contributed by atoms with Gasteiger partial charge in [0, 0.05) is 6.42 Å².